The van der Waals surface area contributed by atoms with E-state index in [2.05, 4.69) is 10.6 Å². The standard InChI is InChI=1S/C15H19FN2O.ClH/c1-9-2-5-13(14(16)6-9)15(19)18-12-7-10-3-4-11(8-12)17-10;/h2,5-6,10-12,17H,3-4,7-8H2,1H3,(H,18,19);1H. The molecule has 2 saturated heterocycles. The Balaban J connectivity index is 0.00000147. The number of fused-ring (bicyclic) bond motifs is 2. The van der Waals surface area contributed by atoms with Crippen molar-refractivity contribution in [3.63, 3.8) is 0 Å². The summed E-state index contributed by atoms with van der Waals surface area (Å²) in [5, 5.41) is 6.50. The summed E-state index contributed by atoms with van der Waals surface area (Å²) in [6, 6.07) is 5.95. The third kappa shape index (κ3) is 3.13. The summed E-state index contributed by atoms with van der Waals surface area (Å²) in [6.45, 7) is 1.81. The fourth-order valence-electron chi connectivity index (χ4n) is 3.24. The van der Waals surface area contributed by atoms with Crippen molar-refractivity contribution in [2.45, 2.75) is 50.7 Å². The first-order chi connectivity index (χ1) is 9.11. The van der Waals surface area contributed by atoms with Crippen LogP contribution in [-0.4, -0.2) is 24.0 Å². The first-order valence-electron chi connectivity index (χ1n) is 6.95. The summed E-state index contributed by atoms with van der Waals surface area (Å²) in [5.41, 5.74) is 0.977. The van der Waals surface area contributed by atoms with Gasteiger partial charge in [-0.2, -0.15) is 0 Å². The quantitative estimate of drug-likeness (QED) is 0.881. The van der Waals surface area contributed by atoms with Crippen LogP contribution in [0.15, 0.2) is 18.2 Å². The third-order valence-corrected chi connectivity index (χ3v) is 4.18. The lowest BCUT2D eigenvalue weighted by molar-refractivity contribution is 0.0920. The van der Waals surface area contributed by atoms with Crippen LogP contribution in [0, 0.1) is 12.7 Å². The Labute approximate surface area is 124 Å². The Morgan fingerprint density at radius 3 is 2.55 bits per heavy atom. The topological polar surface area (TPSA) is 41.1 Å². The van der Waals surface area contributed by atoms with Crippen LogP contribution in [0.5, 0.6) is 0 Å². The van der Waals surface area contributed by atoms with Crippen molar-refractivity contribution in [3.8, 4) is 0 Å². The zero-order valence-corrected chi connectivity index (χ0v) is 12.3. The van der Waals surface area contributed by atoms with Crippen LogP contribution in [0.25, 0.3) is 0 Å². The van der Waals surface area contributed by atoms with Crippen molar-refractivity contribution in [2.24, 2.45) is 0 Å². The molecule has 0 aliphatic carbocycles. The maximum Gasteiger partial charge on any atom is 0.254 e. The molecule has 2 aliphatic heterocycles. The highest BCUT2D eigenvalue weighted by molar-refractivity contribution is 5.94. The average Bonchev–Trinajstić information content (AvgIpc) is 2.68. The molecule has 5 heteroatoms. The molecule has 0 aromatic heterocycles. The third-order valence-electron chi connectivity index (χ3n) is 4.18. The van der Waals surface area contributed by atoms with E-state index in [0.717, 1.165) is 18.4 Å². The second kappa shape index (κ2) is 6.10. The minimum atomic E-state index is -0.436. The predicted octanol–water partition coefficient (Wildman–Crippen LogP) is 2.57. The summed E-state index contributed by atoms with van der Waals surface area (Å²) in [7, 11) is 0. The van der Waals surface area contributed by atoms with Gasteiger partial charge in [0.2, 0.25) is 0 Å². The first-order valence-corrected chi connectivity index (χ1v) is 6.95. The number of nitrogens with one attached hydrogen (secondary N) is 2. The number of piperidine rings is 1. The smallest absolute Gasteiger partial charge is 0.254 e. The Kier molecular flexibility index (Phi) is 4.66. The number of carbonyl (C=O) groups is 1. The highest BCUT2D eigenvalue weighted by Crippen LogP contribution is 2.27. The molecule has 2 atom stereocenters. The van der Waals surface area contributed by atoms with E-state index in [1.807, 2.05) is 6.92 Å². The van der Waals surface area contributed by atoms with E-state index < -0.39 is 5.82 Å². The fourth-order valence-corrected chi connectivity index (χ4v) is 3.24. The summed E-state index contributed by atoms with van der Waals surface area (Å²) in [6.07, 6.45) is 4.29. The maximum absolute atomic E-state index is 13.7. The van der Waals surface area contributed by atoms with Crippen molar-refractivity contribution in [3.05, 3.63) is 35.1 Å². The molecule has 0 radical (unpaired) electrons. The molecule has 3 nitrogen and oxygen atoms in total. The fraction of sp³-hybridized carbons (Fsp3) is 0.533. The number of aryl methyl sites for hydroxylation is 1. The van der Waals surface area contributed by atoms with Crippen LogP contribution in [-0.2, 0) is 0 Å². The zero-order valence-electron chi connectivity index (χ0n) is 11.5. The van der Waals surface area contributed by atoms with Gasteiger partial charge < -0.3 is 10.6 Å². The van der Waals surface area contributed by atoms with Crippen molar-refractivity contribution >= 4 is 18.3 Å². The Morgan fingerprint density at radius 2 is 1.95 bits per heavy atom. The van der Waals surface area contributed by atoms with E-state index in [-0.39, 0.29) is 29.9 Å². The van der Waals surface area contributed by atoms with E-state index in [1.54, 1.807) is 12.1 Å². The van der Waals surface area contributed by atoms with Crippen molar-refractivity contribution in [2.75, 3.05) is 0 Å². The number of rotatable bonds is 2. The Bertz CT molecular complexity index is 497. The van der Waals surface area contributed by atoms with Gasteiger partial charge in [-0.15, -0.1) is 12.4 Å². The number of carbonyl (C=O) groups excluding carboxylic acids is 1. The summed E-state index contributed by atoms with van der Waals surface area (Å²) in [4.78, 5) is 12.1. The largest absolute Gasteiger partial charge is 0.349 e. The van der Waals surface area contributed by atoms with Crippen LogP contribution in [0.3, 0.4) is 0 Å². The van der Waals surface area contributed by atoms with Gasteiger partial charge in [0.1, 0.15) is 5.82 Å². The lowest BCUT2D eigenvalue weighted by Crippen LogP contribution is -2.48. The molecule has 1 aromatic rings. The molecule has 1 amide bonds. The molecule has 110 valence electrons. The predicted molar refractivity (Wildman–Crippen MR) is 78.8 cm³/mol. The van der Waals surface area contributed by atoms with E-state index in [0.29, 0.717) is 12.1 Å². The molecule has 2 aliphatic rings. The highest BCUT2D eigenvalue weighted by Gasteiger charge is 2.34. The van der Waals surface area contributed by atoms with Crippen LogP contribution < -0.4 is 10.6 Å². The van der Waals surface area contributed by atoms with Gasteiger partial charge in [0.25, 0.3) is 5.91 Å². The van der Waals surface area contributed by atoms with Crippen LogP contribution in [0.1, 0.15) is 41.6 Å². The van der Waals surface area contributed by atoms with E-state index in [1.165, 1.54) is 18.9 Å². The summed E-state index contributed by atoms with van der Waals surface area (Å²) >= 11 is 0. The first kappa shape index (κ1) is 15.3. The minimum Gasteiger partial charge on any atom is -0.349 e. The van der Waals surface area contributed by atoms with Gasteiger partial charge in [0.05, 0.1) is 5.56 Å². The van der Waals surface area contributed by atoms with Crippen molar-refractivity contribution < 1.29 is 9.18 Å². The summed E-state index contributed by atoms with van der Waals surface area (Å²) in [5.74, 6) is -0.724. The molecule has 2 unspecified atom stereocenters. The molecular formula is C15H20ClFN2O. The molecule has 2 bridgehead atoms. The van der Waals surface area contributed by atoms with E-state index >= 15 is 0 Å². The summed E-state index contributed by atoms with van der Waals surface area (Å²) < 4.78 is 13.7. The van der Waals surface area contributed by atoms with Gasteiger partial charge in [0.15, 0.2) is 0 Å². The second-order valence-electron chi connectivity index (χ2n) is 5.76. The number of hydrogen-bond acceptors (Lipinski definition) is 2. The molecule has 2 heterocycles. The SMILES string of the molecule is Cc1ccc(C(=O)NC2CC3CCC(C2)N3)c(F)c1.Cl. The van der Waals surface area contributed by atoms with Gasteiger partial charge in [-0.1, -0.05) is 6.07 Å². The van der Waals surface area contributed by atoms with Gasteiger partial charge in [0, 0.05) is 18.1 Å². The Hall–Kier alpha value is -1.13. The van der Waals surface area contributed by atoms with Crippen LogP contribution >= 0.6 is 12.4 Å². The highest BCUT2D eigenvalue weighted by atomic mass is 35.5. The number of amides is 1. The van der Waals surface area contributed by atoms with Gasteiger partial charge in [-0.3, -0.25) is 4.79 Å². The van der Waals surface area contributed by atoms with Gasteiger partial charge >= 0.3 is 0 Å². The van der Waals surface area contributed by atoms with E-state index in [9.17, 15) is 9.18 Å². The second-order valence-corrected chi connectivity index (χ2v) is 5.76. The minimum absolute atomic E-state index is 0. The van der Waals surface area contributed by atoms with Gasteiger partial charge in [-0.25, -0.2) is 4.39 Å². The Morgan fingerprint density at radius 1 is 1.30 bits per heavy atom. The average molecular weight is 299 g/mol. The van der Waals surface area contributed by atoms with Crippen LogP contribution in [0.4, 0.5) is 4.39 Å². The number of halogens is 2. The number of hydrogen-bond donors (Lipinski definition) is 2. The molecule has 2 fully saturated rings. The zero-order chi connectivity index (χ0) is 13.4. The molecule has 0 spiro atoms. The maximum atomic E-state index is 13.7. The van der Waals surface area contributed by atoms with E-state index in [4.69, 9.17) is 0 Å². The lowest BCUT2D eigenvalue weighted by Gasteiger charge is -2.29. The molecule has 20 heavy (non-hydrogen) atoms. The lowest BCUT2D eigenvalue weighted by atomic mass is 9.99. The van der Waals surface area contributed by atoms with Crippen molar-refractivity contribution in [1.29, 1.82) is 0 Å². The molecule has 2 N–H and O–H groups in total. The molecule has 3 rings (SSSR count). The molecule has 0 saturated carbocycles. The van der Waals surface area contributed by atoms with Crippen molar-refractivity contribution in [1.82, 2.24) is 10.6 Å². The molecule has 1 aromatic carbocycles. The normalized spacial score (nSPS) is 27.8. The number of benzene rings is 1. The van der Waals surface area contributed by atoms with Gasteiger partial charge in [-0.05, 0) is 50.3 Å². The van der Waals surface area contributed by atoms with Crippen LogP contribution in [0.2, 0.25) is 0 Å². The monoisotopic (exact) mass is 298 g/mol. The molecular weight excluding hydrogens is 279 g/mol.